The largest absolute Gasteiger partial charge is 0.434 e. The summed E-state index contributed by atoms with van der Waals surface area (Å²) in [5.74, 6) is 0.738. The van der Waals surface area contributed by atoms with E-state index in [0.29, 0.717) is 24.6 Å². The quantitative estimate of drug-likeness (QED) is 0.604. The van der Waals surface area contributed by atoms with Gasteiger partial charge in [0.05, 0.1) is 0 Å². The predicted octanol–water partition coefficient (Wildman–Crippen LogP) is 2.59. The molecule has 7 heteroatoms. The number of hydrogen-bond acceptors (Lipinski definition) is 3. The number of hydrogen-bond donors (Lipinski definition) is 2. The molecule has 0 aliphatic rings. The molecule has 0 aliphatic heterocycles. The highest BCUT2D eigenvalue weighted by molar-refractivity contribution is 5.79. The lowest BCUT2D eigenvalue weighted by Gasteiger charge is -2.14. The molecule has 2 N–H and O–H groups in total. The average molecular weight is 334 g/mol. The molecule has 5 nitrogen and oxygen atoms in total. The number of benzene rings is 1. The maximum absolute atomic E-state index is 12.4. The van der Waals surface area contributed by atoms with Crippen molar-refractivity contribution in [3.05, 3.63) is 59.9 Å². The number of alkyl halides is 2. The van der Waals surface area contributed by atoms with Gasteiger partial charge in [0.1, 0.15) is 5.75 Å². The Bertz CT molecular complexity index is 650. The summed E-state index contributed by atoms with van der Waals surface area (Å²) in [6, 6.07) is 12.4. The second kappa shape index (κ2) is 9.44. The molecule has 1 heterocycles. The van der Waals surface area contributed by atoms with Gasteiger partial charge in [0.15, 0.2) is 5.96 Å². The van der Waals surface area contributed by atoms with Crippen LogP contribution in [0.25, 0.3) is 0 Å². The van der Waals surface area contributed by atoms with E-state index in [1.807, 2.05) is 18.2 Å². The third-order valence-electron chi connectivity index (χ3n) is 3.26. The van der Waals surface area contributed by atoms with Crippen LogP contribution in [0.2, 0.25) is 0 Å². The minimum atomic E-state index is -2.85. The molecule has 0 amide bonds. The zero-order valence-electron chi connectivity index (χ0n) is 13.4. The van der Waals surface area contributed by atoms with E-state index >= 15 is 0 Å². The molecule has 0 saturated carbocycles. The topological polar surface area (TPSA) is 58.5 Å². The molecule has 0 fully saturated rings. The molecule has 2 rings (SSSR count). The fourth-order valence-corrected chi connectivity index (χ4v) is 2.12. The summed E-state index contributed by atoms with van der Waals surface area (Å²) < 4.78 is 29.3. The summed E-state index contributed by atoms with van der Waals surface area (Å²) in [6.45, 7) is -1.86. The third kappa shape index (κ3) is 5.83. The summed E-state index contributed by atoms with van der Waals surface area (Å²) in [5, 5.41) is 6.24. The second-order valence-corrected chi connectivity index (χ2v) is 4.91. The molecular weight excluding hydrogens is 314 g/mol. The fraction of sp³-hybridized carbons (Fsp3) is 0.294. The SMILES string of the molecule is CN=C(NCCc1ccccn1)NCc1ccccc1OC(F)F. The molecular formula is C17H20F2N4O. The number of rotatable bonds is 7. The van der Waals surface area contributed by atoms with Crippen molar-refractivity contribution in [1.82, 2.24) is 15.6 Å². The summed E-state index contributed by atoms with van der Waals surface area (Å²) in [6.07, 6.45) is 2.51. The van der Waals surface area contributed by atoms with Gasteiger partial charge >= 0.3 is 6.61 Å². The zero-order valence-corrected chi connectivity index (χ0v) is 13.4. The average Bonchev–Trinajstić information content (AvgIpc) is 2.59. The van der Waals surface area contributed by atoms with Crippen molar-refractivity contribution in [3.63, 3.8) is 0 Å². The lowest BCUT2D eigenvalue weighted by molar-refractivity contribution is -0.0504. The highest BCUT2D eigenvalue weighted by Gasteiger charge is 2.09. The van der Waals surface area contributed by atoms with Crippen molar-refractivity contribution < 1.29 is 13.5 Å². The summed E-state index contributed by atoms with van der Waals surface area (Å²) >= 11 is 0. The molecule has 2 aromatic rings. The van der Waals surface area contributed by atoms with Crippen LogP contribution in [0.4, 0.5) is 8.78 Å². The first-order valence-corrected chi connectivity index (χ1v) is 7.56. The van der Waals surface area contributed by atoms with Gasteiger partial charge in [0, 0.05) is 44.0 Å². The number of pyridine rings is 1. The number of para-hydroxylation sites is 1. The van der Waals surface area contributed by atoms with Crippen molar-refractivity contribution in [2.75, 3.05) is 13.6 Å². The first-order chi connectivity index (χ1) is 11.7. The molecule has 0 spiro atoms. The van der Waals surface area contributed by atoms with Crippen molar-refractivity contribution in [2.45, 2.75) is 19.6 Å². The van der Waals surface area contributed by atoms with Crippen LogP contribution in [-0.4, -0.2) is 31.1 Å². The van der Waals surface area contributed by atoms with Crippen LogP contribution in [0.5, 0.6) is 5.75 Å². The number of aromatic nitrogens is 1. The van der Waals surface area contributed by atoms with Crippen LogP contribution in [0.1, 0.15) is 11.3 Å². The normalized spacial score (nSPS) is 11.4. The molecule has 1 aromatic heterocycles. The number of ether oxygens (including phenoxy) is 1. The van der Waals surface area contributed by atoms with Crippen molar-refractivity contribution in [1.29, 1.82) is 0 Å². The van der Waals surface area contributed by atoms with Gasteiger partial charge < -0.3 is 15.4 Å². The predicted molar refractivity (Wildman–Crippen MR) is 89.2 cm³/mol. The molecule has 0 bridgehead atoms. The van der Waals surface area contributed by atoms with Gasteiger partial charge in [-0.3, -0.25) is 9.98 Å². The van der Waals surface area contributed by atoms with E-state index in [0.717, 1.165) is 12.1 Å². The fourth-order valence-electron chi connectivity index (χ4n) is 2.12. The van der Waals surface area contributed by atoms with Gasteiger partial charge in [-0.2, -0.15) is 8.78 Å². The first-order valence-electron chi connectivity index (χ1n) is 7.56. The highest BCUT2D eigenvalue weighted by Crippen LogP contribution is 2.19. The summed E-state index contributed by atoms with van der Waals surface area (Å²) in [5.41, 5.74) is 1.61. The summed E-state index contributed by atoms with van der Waals surface area (Å²) in [7, 11) is 1.65. The lowest BCUT2D eigenvalue weighted by Crippen LogP contribution is -2.38. The minimum Gasteiger partial charge on any atom is -0.434 e. The number of aliphatic imine (C=N–C) groups is 1. The molecule has 0 atom stereocenters. The number of halogens is 2. The lowest BCUT2D eigenvalue weighted by atomic mass is 10.2. The molecule has 0 saturated heterocycles. The molecule has 0 radical (unpaired) electrons. The second-order valence-electron chi connectivity index (χ2n) is 4.91. The molecule has 128 valence electrons. The minimum absolute atomic E-state index is 0.156. The van der Waals surface area contributed by atoms with Gasteiger partial charge in [0.25, 0.3) is 0 Å². The van der Waals surface area contributed by atoms with Crippen LogP contribution in [-0.2, 0) is 13.0 Å². The smallest absolute Gasteiger partial charge is 0.387 e. The van der Waals surface area contributed by atoms with E-state index in [9.17, 15) is 8.78 Å². The Hall–Kier alpha value is -2.70. The third-order valence-corrected chi connectivity index (χ3v) is 3.26. The Morgan fingerprint density at radius 3 is 2.67 bits per heavy atom. The Morgan fingerprint density at radius 1 is 1.17 bits per heavy atom. The Morgan fingerprint density at radius 2 is 1.96 bits per heavy atom. The molecule has 0 aliphatic carbocycles. The van der Waals surface area contributed by atoms with Gasteiger partial charge in [-0.1, -0.05) is 24.3 Å². The van der Waals surface area contributed by atoms with Gasteiger partial charge in [0.2, 0.25) is 0 Å². The van der Waals surface area contributed by atoms with Crippen LogP contribution < -0.4 is 15.4 Å². The van der Waals surface area contributed by atoms with E-state index in [-0.39, 0.29) is 5.75 Å². The monoisotopic (exact) mass is 334 g/mol. The molecule has 0 unspecified atom stereocenters. The zero-order chi connectivity index (χ0) is 17.2. The van der Waals surface area contributed by atoms with Crippen molar-refractivity contribution in [2.24, 2.45) is 4.99 Å². The Kier molecular flexibility index (Phi) is 6.94. The maximum Gasteiger partial charge on any atom is 0.387 e. The van der Waals surface area contributed by atoms with Crippen molar-refractivity contribution in [3.8, 4) is 5.75 Å². The number of guanidine groups is 1. The standard InChI is InChI=1S/C17H20F2N4O/c1-20-17(22-11-9-14-7-4-5-10-21-14)23-12-13-6-2-3-8-15(13)24-16(18)19/h2-8,10,16H,9,11-12H2,1H3,(H2,20,22,23). The van der Waals surface area contributed by atoms with E-state index in [1.54, 1.807) is 31.4 Å². The Labute approximate surface area is 139 Å². The summed E-state index contributed by atoms with van der Waals surface area (Å²) in [4.78, 5) is 8.36. The molecule has 24 heavy (non-hydrogen) atoms. The Balaban J connectivity index is 1.83. The van der Waals surface area contributed by atoms with Gasteiger partial charge in [-0.25, -0.2) is 0 Å². The first kappa shape index (κ1) is 17.7. The van der Waals surface area contributed by atoms with Crippen molar-refractivity contribution >= 4 is 5.96 Å². The van der Waals surface area contributed by atoms with Crippen LogP contribution in [0, 0.1) is 0 Å². The maximum atomic E-state index is 12.4. The molecule has 1 aromatic carbocycles. The van der Waals surface area contributed by atoms with Crippen LogP contribution in [0.3, 0.4) is 0 Å². The van der Waals surface area contributed by atoms with E-state index in [4.69, 9.17) is 0 Å². The highest BCUT2D eigenvalue weighted by atomic mass is 19.3. The number of nitrogens with zero attached hydrogens (tertiary/aromatic N) is 2. The van der Waals surface area contributed by atoms with E-state index in [2.05, 4.69) is 25.3 Å². The van der Waals surface area contributed by atoms with E-state index < -0.39 is 6.61 Å². The van der Waals surface area contributed by atoms with Gasteiger partial charge in [-0.15, -0.1) is 0 Å². The number of nitrogens with one attached hydrogen (secondary N) is 2. The van der Waals surface area contributed by atoms with Crippen LogP contribution >= 0.6 is 0 Å². The van der Waals surface area contributed by atoms with Crippen LogP contribution in [0.15, 0.2) is 53.7 Å². The van der Waals surface area contributed by atoms with E-state index in [1.165, 1.54) is 6.07 Å². The van der Waals surface area contributed by atoms with Gasteiger partial charge in [-0.05, 0) is 18.2 Å².